The number of methoxy groups -OCH3 is 1. The van der Waals surface area contributed by atoms with E-state index in [9.17, 15) is 4.79 Å². The van der Waals surface area contributed by atoms with Gasteiger partial charge in [-0.3, -0.25) is 0 Å². The molecule has 5 nitrogen and oxygen atoms in total. The first-order chi connectivity index (χ1) is 9.32. The van der Waals surface area contributed by atoms with Gasteiger partial charge in [0.1, 0.15) is 6.79 Å². The van der Waals surface area contributed by atoms with E-state index in [0.717, 1.165) is 0 Å². The van der Waals surface area contributed by atoms with Crippen molar-refractivity contribution in [3.63, 3.8) is 0 Å². The summed E-state index contributed by atoms with van der Waals surface area (Å²) in [5, 5.41) is 0. The maximum absolute atomic E-state index is 11.6. The van der Waals surface area contributed by atoms with Crippen LogP contribution < -0.4 is 0 Å². The van der Waals surface area contributed by atoms with E-state index in [-0.39, 0.29) is 24.3 Å². The highest BCUT2D eigenvalue weighted by Gasteiger charge is 2.28. The molecule has 0 rings (SSSR count). The van der Waals surface area contributed by atoms with E-state index in [4.69, 9.17) is 18.9 Å². The van der Waals surface area contributed by atoms with Crippen LogP contribution >= 0.6 is 0 Å². The molecule has 0 aromatic rings. The van der Waals surface area contributed by atoms with Gasteiger partial charge in [0, 0.05) is 19.1 Å². The van der Waals surface area contributed by atoms with Crippen molar-refractivity contribution in [1.29, 1.82) is 0 Å². The highest BCUT2D eigenvalue weighted by molar-refractivity contribution is 5.87. The van der Waals surface area contributed by atoms with Crippen LogP contribution in [0.15, 0.2) is 12.2 Å². The van der Waals surface area contributed by atoms with Crippen molar-refractivity contribution in [1.82, 2.24) is 0 Å². The zero-order chi connectivity index (χ0) is 15.6. The Morgan fingerprint density at radius 1 is 1.25 bits per heavy atom. The third-order valence-electron chi connectivity index (χ3n) is 2.75. The lowest BCUT2D eigenvalue weighted by atomic mass is 9.85. The van der Waals surface area contributed by atoms with E-state index in [0.29, 0.717) is 31.8 Å². The van der Waals surface area contributed by atoms with E-state index >= 15 is 0 Å². The lowest BCUT2D eigenvalue weighted by Gasteiger charge is -2.30. The van der Waals surface area contributed by atoms with Crippen LogP contribution in [-0.4, -0.2) is 45.8 Å². The minimum atomic E-state index is -0.370. The van der Waals surface area contributed by atoms with E-state index in [2.05, 4.69) is 6.58 Å². The van der Waals surface area contributed by atoms with E-state index < -0.39 is 0 Å². The van der Waals surface area contributed by atoms with Crippen LogP contribution in [0.3, 0.4) is 0 Å². The van der Waals surface area contributed by atoms with E-state index in [1.165, 1.54) is 0 Å². The third kappa shape index (κ3) is 8.30. The molecule has 0 saturated carbocycles. The van der Waals surface area contributed by atoms with Gasteiger partial charge in [-0.05, 0) is 12.3 Å². The molecule has 0 aromatic carbocycles. The lowest BCUT2D eigenvalue weighted by molar-refractivity contribution is -0.142. The van der Waals surface area contributed by atoms with Crippen LogP contribution in [-0.2, 0) is 23.7 Å². The summed E-state index contributed by atoms with van der Waals surface area (Å²) in [4.78, 5) is 11.6. The molecule has 0 unspecified atom stereocenters. The number of rotatable bonds is 10. The fourth-order valence-electron chi connectivity index (χ4n) is 1.49. The molecule has 0 bridgehead atoms. The molecule has 0 radical (unpaired) electrons. The van der Waals surface area contributed by atoms with Crippen LogP contribution in [0.4, 0.5) is 0 Å². The van der Waals surface area contributed by atoms with Crippen LogP contribution in [0, 0.1) is 5.41 Å². The average Bonchev–Trinajstić information content (AvgIpc) is 2.35. The van der Waals surface area contributed by atoms with E-state index in [1.54, 1.807) is 14.0 Å². The number of esters is 1. The van der Waals surface area contributed by atoms with Gasteiger partial charge >= 0.3 is 5.97 Å². The number of hydrogen-bond acceptors (Lipinski definition) is 5. The highest BCUT2D eigenvalue weighted by atomic mass is 16.7. The first-order valence-corrected chi connectivity index (χ1v) is 6.86. The largest absolute Gasteiger partial charge is 0.463 e. The predicted octanol–water partition coefficient (Wildman–Crippen LogP) is 2.55. The minimum absolute atomic E-state index is 0.125. The summed E-state index contributed by atoms with van der Waals surface area (Å²) in [6, 6.07) is 0. The normalized spacial score (nSPS) is 13.1. The minimum Gasteiger partial charge on any atom is -0.463 e. The summed E-state index contributed by atoms with van der Waals surface area (Å²) in [6.45, 7) is 13.2. The molecule has 20 heavy (non-hydrogen) atoms. The average molecular weight is 288 g/mol. The summed E-state index contributed by atoms with van der Waals surface area (Å²) in [6.07, 6.45) is 0.262. The van der Waals surface area contributed by atoms with Crippen LogP contribution in [0.5, 0.6) is 0 Å². The summed E-state index contributed by atoms with van der Waals surface area (Å²) < 4.78 is 20.8. The Bertz CT molecular complexity index is 293. The van der Waals surface area contributed by atoms with Gasteiger partial charge in [-0.1, -0.05) is 27.4 Å². The summed E-state index contributed by atoms with van der Waals surface area (Å²) in [5.41, 5.74) is 0.295. The molecule has 0 aliphatic carbocycles. The zero-order valence-electron chi connectivity index (χ0n) is 13.4. The summed E-state index contributed by atoms with van der Waals surface area (Å²) in [5.74, 6) is -0.370. The maximum atomic E-state index is 11.6. The molecule has 0 aromatic heterocycles. The Balaban J connectivity index is 4.29. The molecule has 0 saturated heterocycles. The maximum Gasteiger partial charge on any atom is 0.333 e. The highest BCUT2D eigenvalue weighted by Crippen LogP contribution is 2.27. The van der Waals surface area contributed by atoms with Crippen molar-refractivity contribution in [2.45, 2.75) is 40.2 Å². The topological polar surface area (TPSA) is 54.0 Å². The molecule has 0 amide bonds. The Labute approximate surface area is 122 Å². The standard InChI is InChI=1S/C15H28O5/c1-7-19-14(16)12(2)10-13(15(3,4)5)20-11-18-9-8-17-6/h13H,2,7-11H2,1,3-6H3/t13-/m0/s1. The fraction of sp³-hybridized carbons (Fsp3) is 0.800. The number of hydrogen-bond donors (Lipinski definition) is 0. The molecular formula is C15H28O5. The van der Waals surface area contributed by atoms with Crippen molar-refractivity contribution >= 4 is 5.97 Å². The van der Waals surface area contributed by atoms with Gasteiger partial charge in [-0.25, -0.2) is 4.79 Å². The lowest BCUT2D eigenvalue weighted by Crippen LogP contribution is -2.32. The Morgan fingerprint density at radius 3 is 2.40 bits per heavy atom. The van der Waals surface area contributed by atoms with Gasteiger partial charge in [-0.15, -0.1) is 0 Å². The molecule has 0 N–H and O–H groups in total. The SMILES string of the molecule is C=C(C[C@H](OCOCCOC)C(C)(C)C)C(=O)OCC. The number of carbonyl (C=O) groups is 1. The molecule has 0 aliphatic rings. The molecule has 0 aliphatic heterocycles. The molecule has 5 heteroatoms. The first-order valence-electron chi connectivity index (χ1n) is 6.86. The van der Waals surface area contributed by atoms with Crippen molar-refractivity contribution in [2.24, 2.45) is 5.41 Å². The summed E-state index contributed by atoms with van der Waals surface area (Å²) in [7, 11) is 1.62. The van der Waals surface area contributed by atoms with Crippen LogP contribution in [0.2, 0.25) is 0 Å². The third-order valence-corrected chi connectivity index (χ3v) is 2.75. The molecule has 1 atom stereocenters. The van der Waals surface area contributed by atoms with Crippen molar-refractivity contribution in [2.75, 3.05) is 33.7 Å². The monoisotopic (exact) mass is 288 g/mol. The predicted molar refractivity (Wildman–Crippen MR) is 77.4 cm³/mol. The molecule has 0 spiro atoms. The van der Waals surface area contributed by atoms with Gasteiger partial charge in [0.25, 0.3) is 0 Å². The molecular weight excluding hydrogens is 260 g/mol. The Morgan fingerprint density at radius 2 is 1.90 bits per heavy atom. The van der Waals surface area contributed by atoms with Gasteiger partial charge in [0.15, 0.2) is 0 Å². The first kappa shape index (κ1) is 19.1. The Hall–Kier alpha value is -0.910. The molecule has 118 valence electrons. The fourth-order valence-corrected chi connectivity index (χ4v) is 1.49. The zero-order valence-corrected chi connectivity index (χ0v) is 13.4. The smallest absolute Gasteiger partial charge is 0.333 e. The Kier molecular flexibility index (Phi) is 9.46. The second-order valence-corrected chi connectivity index (χ2v) is 5.57. The number of ether oxygens (including phenoxy) is 4. The molecule has 0 fully saturated rings. The quantitative estimate of drug-likeness (QED) is 0.268. The van der Waals surface area contributed by atoms with Gasteiger partial charge in [0.2, 0.25) is 0 Å². The number of carbonyl (C=O) groups excluding carboxylic acids is 1. The second kappa shape index (κ2) is 9.91. The van der Waals surface area contributed by atoms with Crippen LogP contribution in [0.25, 0.3) is 0 Å². The van der Waals surface area contributed by atoms with Crippen LogP contribution in [0.1, 0.15) is 34.1 Å². The van der Waals surface area contributed by atoms with Crippen molar-refractivity contribution in [3.8, 4) is 0 Å². The second-order valence-electron chi connectivity index (χ2n) is 5.57. The van der Waals surface area contributed by atoms with Gasteiger partial charge in [-0.2, -0.15) is 0 Å². The van der Waals surface area contributed by atoms with Gasteiger partial charge in [0.05, 0.1) is 25.9 Å². The van der Waals surface area contributed by atoms with E-state index in [1.807, 2.05) is 20.8 Å². The van der Waals surface area contributed by atoms with Crippen molar-refractivity contribution < 1.29 is 23.7 Å². The van der Waals surface area contributed by atoms with Gasteiger partial charge < -0.3 is 18.9 Å². The van der Waals surface area contributed by atoms with Crippen molar-refractivity contribution in [3.05, 3.63) is 12.2 Å². The molecule has 0 heterocycles. The summed E-state index contributed by atoms with van der Waals surface area (Å²) >= 11 is 0.